The Kier molecular flexibility index (Phi) is 4.85. The van der Waals surface area contributed by atoms with Crippen molar-refractivity contribution in [3.8, 4) is 0 Å². The van der Waals surface area contributed by atoms with Crippen molar-refractivity contribution in [2.45, 2.75) is 57.2 Å². The monoisotopic (exact) mass is 358 g/mol. The fourth-order valence-corrected chi connectivity index (χ4v) is 4.88. The lowest BCUT2D eigenvalue weighted by atomic mass is 9.85. The van der Waals surface area contributed by atoms with E-state index >= 15 is 0 Å². The van der Waals surface area contributed by atoms with E-state index in [0.717, 1.165) is 31.3 Å². The molecule has 0 amide bonds. The molecule has 1 aromatic heterocycles. The third-order valence-corrected chi connectivity index (χ3v) is 6.07. The van der Waals surface area contributed by atoms with Crippen molar-refractivity contribution in [2.24, 2.45) is 5.92 Å². The number of fused-ring (bicyclic) bond motifs is 2. The standard InChI is InChI=1S/C20H26N2O4/c1-25-19(23)17-13-14-7-2-3-8-15(14)21(17)11-6-12-22-16-9-4-5-10-18(16)26-20(22)24/h4-5,9-10,14-15,17H,2-3,6-8,11-13H2,1H3/t14-,15+,17+/m1/s1. The highest BCUT2D eigenvalue weighted by atomic mass is 16.5. The van der Waals surface area contributed by atoms with Crippen LogP contribution in [-0.2, 0) is 16.1 Å². The number of methoxy groups -OCH3 is 1. The number of oxazole rings is 1. The largest absolute Gasteiger partial charge is 0.468 e. The predicted octanol–water partition coefficient (Wildman–Crippen LogP) is 2.79. The second kappa shape index (κ2) is 7.27. The zero-order chi connectivity index (χ0) is 18.1. The second-order valence-electron chi connectivity index (χ2n) is 7.47. The molecule has 6 heteroatoms. The minimum absolute atomic E-state index is 0.120. The van der Waals surface area contributed by atoms with Crippen molar-refractivity contribution in [3.05, 3.63) is 34.8 Å². The summed E-state index contributed by atoms with van der Waals surface area (Å²) in [7, 11) is 1.47. The summed E-state index contributed by atoms with van der Waals surface area (Å²) in [4.78, 5) is 26.7. The predicted molar refractivity (Wildman–Crippen MR) is 98.0 cm³/mol. The summed E-state index contributed by atoms with van der Waals surface area (Å²) in [6.07, 6.45) is 6.58. The van der Waals surface area contributed by atoms with Gasteiger partial charge in [-0.05, 0) is 43.7 Å². The number of para-hydroxylation sites is 2. The first-order valence-electron chi connectivity index (χ1n) is 9.61. The highest BCUT2D eigenvalue weighted by Crippen LogP contribution is 2.40. The Morgan fingerprint density at radius 1 is 1.23 bits per heavy atom. The quantitative estimate of drug-likeness (QED) is 0.769. The number of esters is 1. The number of benzene rings is 1. The van der Waals surface area contributed by atoms with Crippen LogP contribution >= 0.6 is 0 Å². The molecule has 2 aromatic rings. The molecule has 6 nitrogen and oxygen atoms in total. The highest BCUT2D eigenvalue weighted by Gasteiger charge is 2.45. The normalized spacial score (nSPS) is 26.1. The summed E-state index contributed by atoms with van der Waals surface area (Å²) in [6.45, 7) is 1.39. The summed E-state index contributed by atoms with van der Waals surface area (Å²) in [5.41, 5.74) is 1.46. The van der Waals surface area contributed by atoms with E-state index in [0.29, 0.717) is 24.1 Å². The average molecular weight is 358 g/mol. The first-order chi connectivity index (χ1) is 12.7. The van der Waals surface area contributed by atoms with Gasteiger partial charge in [-0.3, -0.25) is 14.3 Å². The Morgan fingerprint density at radius 2 is 2.04 bits per heavy atom. The van der Waals surface area contributed by atoms with Crippen LogP contribution in [0.15, 0.2) is 33.5 Å². The van der Waals surface area contributed by atoms with E-state index in [1.54, 1.807) is 4.57 Å². The lowest BCUT2D eigenvalue weighted by molar-refractivity contribution is -0.146. The Bertz CT molecular complexity index is 840. The van der Waals surface area contributed by atoms with Gasteiger partial charge >= 0.3 is 11.7 Å². The van der Waals surface area contributed by atoms with E-state index < -0.39 is 0 Å². The summed E-state index contributed by atoms with van der Waals surface area (Å²) >= 11 is 0. The van der Waals surface area contributed by atoms with Crippen LogP contribution in [0.5, 0.6) is 0 Å². The molecule has 1 aliphatic carbocycles. The van der Waals surface area contributed by atoms with Gasteiger partial charge in [-0.15, -0.1) is 0 Å². The maximum atomic E-state index is 12.3. The molecule has 0 bridgehead atoms. The average Bonchev–Trinajstić information content (AvgIpc) is 3.19. The molecule has 0 unspecified atom stereocenters. The molecule has 4 rings (SSSR count). The fraction of sp³-hybridized carbons (Fsp3) is 0.600. The van der Waals surface area contributed by atoms with Gasteiger partial charge in [0.2, 0.25) is 0 Å². The Balaban J connectivity index is 1.47. The van der Waals surface area contributed by atoms with Crippen LogP contribution in [-0.4, -0.2) is 41.2 Å². The molecule has 26 heavy (non-hydrogen) atoms. The number of carbonyl (C=O) groups excluding carboxylic acids is 1. The molecule has 2 heterocycles. The molecule has 0 radical (unpaired) electrons. The second-order valence-corrected chi connectivity index (χ2v) is 7.47. The maximum Gasteiger partial charge on any atom is 0.419 e. The van der Waals surface area contributed by atoms with Gasteiger partial charge in [-0.1, -0.05) is 25.0 Å². The zero-order valence-electron chi connectivity index (χ0n) is 15.2. The maximum absolute atomic E-state index is 12.3. The van der Waals surface area contributed by atoms with E-state index in [1.807, 2.05) is 24.3 Å². The molecule has 140 valence electrons. The first-order valence-corrected chi connectivity index (χ1v) is 9.61. The summed E-state index contributed by atoms with van der Waals surface area (Å²) in [5, 5.41) is 0. The highest BCUT2D eigenvalue weighted by molar-refractivity contribution is 5.76. The van der Waals surface area contributed by atoms with Gasteiger partial charge in [0.1, 0.15) is 6.04 Å². The lowest BCUT2D eigenvalue weighted by Gasteiger charge is -2.33. The number of aromatic nitrogens is 1. The SMILES string of the molecule is COC(=O)[C@@H]1C[C@H]2CCCC[C@@H]2N1CCCn1c(=O)oc2ccccc21. The van der Waals surface area contributed by atoms with Crippen LogP contribution in [0.3, 0.4) is 0 Å². The van der Waals surface area contributed by atoms with Gasteiger partial charge in [-0.2, -0.15) is 0 Å². The summed E-state index contributed by atoms with van der Waals surface area (Å²) < 4.78 is 12.0. The molecule has 1 saturated heterocycles. The van der Waals surface area contributed by atoms with Crippen molar-refractivity contribution < 1.29 is 13.9 Å². The van der Waals surface area contributed by atoms with Crippen molar-refractivity contribution in [1.82, 2.24) is 9.47 Å². The molecule has 3 atom stereocenters. The third-order valence-electron chi connectivity index (χ3n) is 6.07. The number of carbonyl (C=O) groups is 1. The van der Waals surface area contributed by atoms with Gasteiger partial charge < -0.3 is 9.15 Å². The number of rotatable bonds is 5. The van der Waals surface area contributed by atoms with Crippen molar-refractivity contribution in [3.63, 3.8) is 0 Å². The topological polar surface area (TPSA) is 64.7 Å². The van der Waals surface area contributed by atoms with Crippen LogP contribution in [0.4, 0.5) is 0 Å². The summed E-state index contributed by atoms with van der Waals surface area (Å²) in [5.74, 6) is 0.170. The van der Waals surface area contributed by atoms with Gasteiger partial charge in [0.05, 0.1) is 12.6 Å². The van der Waals surface area contributed by atoms with Gasteiger partial charge in [0, 0.05) is 19.1 Å². The molecule has 1 saturated carbocycles. The third kappa shape index (κ3) is 3.07. The fourth-order valence-electron chi connectivity index (χ4n) is 4.88. The van der Waals surface area contributed by atoms with Crippen molar-refractivity contribution >= 4 is 17.1 Å². The van der Waals surface area contributed by atoms with Crippen molar-refractivity contribution in [2.75, 3.05) is 13.7 Å². The first kappa shape index (κ1) is 17.3. The molecular formula is C20H26N2O4. The molecule has 2 aliphatic rings. The molecule has 1 aromatic carbocycles. The lowest BCUT2D eigenvalue weighted by Crippen LogP contribution is -2.43. The van der Waals surface area contributed by atoms with Gasteiger partial charge in [0.15, 0.2) is 5.58 Å². The van der Waals surface area contributed by atoms with E-state index in [1.165, 1.54) is 26.4 Å². The van der Waals surface area contributed by atoms with Crippen LogP contribution in [0.1, 0.15) is 38.5 Å². The van der Waals surface area contributed by atoms with E-state index in [4.69, 9.17) is 9.15 Å². The Hall–Kier alpha value is -2.08. The van der Waals surface area contributed by atoms with Crippen LogP contribution < -0.4 is 5.76 Å². The molecule has 0 spiro atoms. The summed E-state index contributed by atoms with van der Waals surface area (Å²) in [6, 6.07) is 7.84. The number of nitrogens with zero attached hydrogens (tertiary/aromatic N) is 2. The van der Waals surface area contributed by atoms with Crippen molar-refractivity contribution in [1.29, 1.82) is 0 Å². The number of hydrogen-bond acceptors (Lipinski definition) is 5. The van der Waals surface area contributed by atoms with E-state index in [-0.39, 0.29) is 17.8 Å². The van der Waals surface area contributed by atoms with Gasteiger partial charge in [-0.25, -0.2) is 4.79 Å². The Morgan fingerprint density at radius 3 is 2.88 bits per heavy atom. The molecular weight excluding hydrogens is 332 g/mol. The number of aryl methyl sites for hydroxylation is 1. The van der Waals surface area contributed by atoms with Gasteiger partial charge in [0.25, 0.3) is 0 Å². The smallest absolute Gasteiger partial charge is 0.419 e. The number of ether oxygens (including phenoxy) is 1. The molecule has 0 N–H and O–H groups in total. The zero-order valence-corrected chi connectivity index (χ0v) is 15.2. The number of hydrogen-bond donors (Lipinski definition) is 0. The van der Waals surface area contributed by atoms with E-state index in [9.17, 15) is 9.59 Å². The van der Waals surface area contributed by atoms with Crippen LogP contribution in [0, 0.1) is 5.92 Å². The molecule has 2 fully saturated rings. The number of likely N-dealkylation sites (tertiary alicyclic amines) is 1. The Labute approximate surface area is 152 Å². The van der Waals surface area contributed by atoms with E-state index in [2.05, 4.69) is 4.90 Å². The molecule has 1 aliphatic heterocycles. The minimum Gasteiger partial charge on any atom is -0.468 e. The van der Waals surface area contributed by atoms with Crippen LogP contribution in [0.25, 0.3) is 11.1 Å². The van der Waals surface area contributed by atoms with Crippen LogP contribution in [0.2, 0.25) is 0 Å². The minimum atomic E-state index is -0.312.